The van der Waals surface area contributed by atoms with Gasteiger partial charge in [-0.2, -0.15) is 0 Å². The van der Waals surface area contributed by atoms with Crippen LogP contribution in [0, 0.1) is 0 Å². The van der Waals surface area contributed by atoms with E-state index >= 15 is 0 Å². The molecule has 0 aromatic heterocycles. The molecule has 22 heavy (non-hydrogen) atoms. The van der Waals surface area contributed by atoms with Gasteiger partial charge in [-0.1, -0.05) is 30.3 Å². The lowest BCUT2D eigenvalue weighted by Crippen LogP contribution is -2.36. The summed E-state index contributed by atoms with van der Waals surface area (Å²) in [5, 5.41) is -0.774. The molecule has 3 rings (SSSR count). The Balaban J connectivity index is 2.15. The summed E-state index contributed by atoms with van der Waals surface area (Å²) in [5.41, 5.74) is 1.67. The van der Waals surface area contributed by atoms with Gasteiger partial charge in [-0.15, -0.1) is 0 Å². The van der Waals surface area contributed by atoms with Crippen molar-refractivity contribution in [3.63, 3.8) is 0 Å². The molecule has 2 aromatic carbocycles. The number of sulfonamides is 1. The number of halogens is 1. The van der Waals surface area contributed by atoms with E-state index < -0.39 is 15.3 Å². The highest BCUT2D eigenvalue weighted by Gasteiger charge is 2.31. The van der Waals surface area contributed by atoms with Crippen molar-refractivity contribution >= 4 is 32.6 Å². The summed E-state index contributed by atoms with van der Waals surface area (Å²) < 4.78 is 27.3. The zero-order valence-electron chi connectivity index (χ0n) is 11.7. The average molecular weight is 336 g/mol. The molecule has 1 aliphatic heterocycles. The third-order valence-electron chi connectivity index (χ3n) is 3.73. The van der Waals surface area contributed by atoms with E-state index in [1.54, 1.807) is 18.2 Å². The highest BCUT2D eigenvalue weighted by atomic mass is 35.5. The molecule has 0 N–H and O–H groups in total. The second kappa shape index (κ2) is 5.74. The maximum atomic E-state index is 13.0. The van der Waals surface area contributed by atoms with Gasteiger partial charge in [-0.05, 0) is 48.2 Å². The van der Waals surface area contributed by atoms with Crippen LogP contribution in [-0.2, 0) is 16.4 Å². The lowest BCUT2D eigenvalue weighted by Gasteiger charge is -2.30. The highest BCUT2D eigenvalue weighted by molar-refractivity contribution is 7.93. The van der Waals surface area contributed by atoms with Gasteiger partial charge in [-0.25, -0.2) is 8.42 Å². The smallest absolute Gasteiger partial charge is 0.265 e. The topological polar surface area (TPSA) is 54.5 Å². The maximum absolute atomic E-state index is 13.0. The van der Waals surface area contributed by atoms with Crippen molar-refractivity contribution in [1.82, 2.24) is 0 Å². The Bertz CT molecular complexity index is 833. The molecule has 6 heteroatoms. The molecule has 0 saturated carbocycles. The molecule has 0 fully saturated rings. The van der Waals surface area contributed by atoms with Crippen molar-refractivity contribution < 1.29 is 13.2 Å². The first-order valence-corrected chi connectivity index (χ1v) is 8.73. The number of hydrogen-bond donors (Lipinski definition) is 0. The maximum Gasteiger partial charge on any atom is 0.265 e. The SMILES string of the molecule is O=C(Cl)c1ccccc1S(=O)(=O)N1CCCc2ccccc21. The molecule has 0 spiro atoms. The van der Waals surface area contributed by atoms with Crippen LogP contribution in [0.15, 0.2) is 53.4 Å². The van der Waals surface area contributed by atoms with Crippen LogP contribution in [0.5, 0.6) is 0 Å². The first kappa shape index (κ1) is 15.1. The van der Waals surface area contributed by atoms with Gasteiger partial charge in [0.15, 0.2) is 0 Å². The fourth-order valence-electron chi connectivity index (χ4n) is 2.72. The van der Waals surface area contributed by atoms with Crippen LogP contribution in [0.1, 0.15) is 22.3 Å². The van der Waals surface area contributed by atoms with E-state index in [1.165, 1.54) is 16.4 Å². The molecule has 0 unspecified atom stereocenters. The number of fused-ring (bicyclic) bond motifs is 1. The summed E-state index contributed by atoms with van der Waals surface area (Å²) in [6.07, 6.45) is 1.59. The molecular formula is C16H14ClNO3S. The van der Waals surface area contributed by atoms with E-state index in [4.69, 9.17) is 11.6 Å². The molecule has 4 nitrogen and oxygen atoms in total. The quantitative estimate of drug-likeness (QED) is 0.809. The van der Waals surface area contributed by atoms with Gasteiger partial charge in [0, 0.05) is 6.54 Å². The summed E-state index contributed by atoms with van der Waals surface area (Å²) in [6, 6.07) is 13.5. The van der Waals surface area contributed by atoms with E-state index in [1.807, 2.05) is 18.2 Å². The minimum Gasteiger partial charge on any atom is -0.276 e. The predicted molar refractivity (Wildman–Crippen MR) is 85.9 cm³/mol. The van der Waals surface area contributed by atoms with E-state index in [0.29, 0.717) is 12.2 Å². The van der Waals surface area contributed by atoms with Gasteiger partial charge in [0.2, 0.25) is 0 Å². The van der Waals surface area contributed by atoms with Gasteiger partial charge in [-0.3, -0.25) is 9.10 Å². The van der Waals surface area contributed by atoms with Crippen LogP contribution in [0.2, 0.25) is 0 Å². The minimum absolute atomic E-state index is 0.00669. The van der Waals surface area contributed by atoms with Crippen LogP contribution >= 0.6 is 11.6 Å². The van der Waals surface area contributed by atoms with Gasteiger partial charge >= 0.3 is 0 Å². The summed E-state index contributed by atoms with van der Waals surface area (Å²) in [5.74, 6) is 0. The minimum atomic E-state index is -3.82. The molecule has 0 amide bonds. The van der Waals surface area contributed by atoms with Crippen molar-refractivity contribution in [3.05, 3.63) is 59.7 Å². The van der Waals surface area contributed by atoms with Crippen LogP contribution < -0.4 is 4.31 Å². The molecule has 1 aliphatic rings. The fourth-order valence-corrected chi connectivity index (χ4v) is 4.68. The van der Waals surface area contributed by atoms with Crippen molar-refractivity contribution in [3.8, 4) is 0 Å². The first-order chi connectivity index (χ1) is 10.5. The standard InChI is InChI=1S/C16H14ClNO3S/c17-16(19)13-8-2-4-10-15(13)22(20,21)18-11-5-7-12-6-1-3-9-14(12)18/h1-4,6,8-10H,5,7,11H2. The Morgan fingerprint density at radius 3 is 2.50 bits per heavy atom. The third-order valence-corrected chi connectivity index (χ3v) is 5.81. The van der Waals surface area contributed by atoms with Crippen LogP contribution in [0.25, 0.3) is 0 Å². The van der Waals surface area contributed by atoms with Crippen molar-refractivity contribution in [2.75, 3.05) is 10.8 Å². The molecule has 1 heterocycles. The Hall–Kier alpha value is -1.85. The van der Waals surface area contributed by atoms with E-state index in [2.05, 4.69) is 0 Å². The number of benzene rings is 2. The van der Waals surface area contributed by atoms with Gasteiger partial charge in [0.05, 0.1) is 16.1 Å². The van der Waals surface area contributed by atoms with Crippen molar-refractivity contribution in [2.24, 2.45) is 0 Å². The van der Waals surface area contributed by atoms with Gasteiger partial charge in [0.25, 0.3) is 15.3 Å². The summed E-state index contributed by atoms with van der Waals surface area (Å²) in [6.45, 7) is 0.393. The second-order valence-electron chi connectivity index (χ2n) is 5.08. The van der Waals surface area contributed by atoms with E-state index in [9.17, 15) is 13.2 Å². The fraction of sp³-hybridized carbons (Fsp3) is 0.188. The number of para-hydroxylation sites is 1. The molecule has 0 bridgehead atoms. The molecule has 0 radical (unpaired) electrons. The summed E-state index contributed by atoms with van der Waals surface area (Å²) >= 11 is 5.53. The highest BCUT2D eigenvalue weighted by Crippen LogP contribution is 2.32. The third kappa shape index (κ3) is 2.51. The van der Waals surface area contributed by atoms with Crippen molar-refractivity contribution in [1.29, 1.82) is 0 Å². The molecule has 0 atom stereocenters. The number of aryl methyl sites for hydroxylation is 1. The molecular weight excluding hydrogens is 322 g/mol. The normalized spacial score (nSPS) is 14.5. The summed E-state index contributed by atoms with van der Waals surface area (Å²) in [4.78, 5) is 11.5. The van der Waals surface area contributed by atoms with Crippen LogP contribution in [0.4, 0.5) is 5.69 Å². The van der Waals surface area contributed by atoms with Crippen LogP contribution in [-0.4, -0.2) is 20.2 Å². The number of rotatable bonds is 3. The van der Waals surface area contributed by atoms with E-state index in [0.717, 1.165) is 18.4 Å². The zero-order chi connectivity index (χ0) is 15.7. The van der Waals surface area contributed by atoms with Gasteiger partial charge < -0.3 is 0 Å². The number of carbonyl (C=O) groups excluding carboxylic acids is 1. The largest absolute Gasteiger partial charge is 0.276 e. The predicted octanol–water partition coefficient (Wildman–Crippen LogP) is 3.21. The monoisotopic (exact) mass is 335 g/mol. The number of nitrogens with zero attached hydrogens (tertiary/aromatic N) is 1. The van der Waals surface area contributed by atoms with Crippen molar-refractivity contribution in [2.45, 2.75) is 17.7 Å². The zero-order valence-corrected chi connectivity index (χ0v) is 13.3. The first-order valence-electron chi connectivity index (χ1n) is 6.91. The Kier molecular flexibility index (Phi) is 3.93. The van der Waals surface area contributed by atoms with Gasteiger partial charge in [0.1, 0.15) is 0 Å². The Morgan fingerprint density at radius 2 is 1.73 bits per heavy atom. The van der Waals surface area contributed by atoms with Crippen LogP contribution in [0.3, 0.4) is 0 Å². The number of carbonyl (C=O) groups is 1. The number of hydrogen-bond acceptors (Lipinski definition) is 3. The van der Waals surface area contributed by atoms with E-state index in [-0.39, 0.29) is 10.5 Å². The summed E-state index contributed by atoms with van der Waals surface area (Å²) in [7, 11) is -3.82. The average Bonchev–Trinajstić information content (AvgIpc) is 2.54. The Labute approximate surface area is 134 Å². The Morgan fingerprint density at radius 1 is 1.05 bits per heavy atom. The lowest BCUT2D eigenvalue weighted by atomic mass is 10.0. The molecule has 0 aliphatic carbocycles. The molecule has 2 aromatic rings. The molecule has 0 saturated heterocycles. The lowest BCUT2D eigenvalue weighted by molar-refractivity contribution is 0.107. The molecule has 114 valence electrons. The number of anilines is 1. The second-order valence-corrected chi connectivity index (χ2v) is 7.25.